The second-order valence-electron chi connectivity index (χ2n) is 13.3. The predicted octanol–water partition coefficient (Wildman–Crippen LogP) is 7.63. The van der Waals surface area contributed by atoms with Crippen molar-refractivity contribution in [2.75, 3.05) is 19.7 Å². The summed E-state index contributed by atoms with van der Waals surface area (Å²) >= 11 is 0. The number of nitrogens with zero attached hydrogens (tertiary/aromatic N) is 4. The molecule has 0 saturated heterocycles. The number of carbonyl (C=O) groups excluding carboxylic acids is 1. The molecule has 0 fully saturated rings. The minimum atomic E-state index is -0.594. The topological polar surface area (TPSA) is 143 Å². The molecule has 53 heavy (non-hydrogen) atoms. The molecule has 1 heterocycles. The average Bonchev–Trinajstić information content (AvgIpc) is 3.62. The number of nitrogens with one attached hydrogen (secondary N) is 1. The van der Waals surface area contributed by atoms with Crippen LogP contribution in [0.2, 0.25) is 0 Å². The maximum Gasteiger partial charge on any atom is 0.244 e. The summed E-state index contributed by atoms with van der Waals surface area (Å²) < 4.78 is 14.7. The fourth-order valence-electron chi connectivity index (χ4n) is 6.32. The van der Waals surface area contributed by atoms with Gasteiger partial charge >= 0.3 is 0 Å². The van der Waals surface area contributed by atoms with Gasteiger partial charge in [0.2, 0.25) is 5.91 Å². The van der Waals surface area contributed by atoms with Crippen molar-refractivity contribution in [3.8, 4) is 22.6 Å². The smallest absolute Gasteiger partial charge is 0.244 e. The maximum atomic E-state index is 13.5. The van der Waals surface area contributed by atoms with E-state index in [1.165, 1.54) is 0 Å². The molecule has 11 heteroatoms. The summed E-state index contributed by atoms with van der Waals surface area (Å²) in [5, 5.41) is 16.2. The fraction of sp³-hybridized carbons (Fsp3) is 0.286. The van der Waals surface area contributed by atoms with Crippen LogP contribution in [0.15, 0.2) is 114 Å². The van der Waals surface area contributed by atoms with Crippen LogP contribution in [0.1, 0.15) is 50.4 Å². The van der Waals surface area contributed by atoms with Crippen LogP contribution >= 0.6 is 12.4 Å². The highest BCUT2D eigenvalue weighted by atomic mass is 35.5. The molecular weight excluding hydrogens is 686 g/mol. The molecule has 0 radical (unpaired) electrons. The Hall–Kier alpha value is -5.61. The monoisotopic (exact) mass is 733 g/mol. The lowest BCUT2D eigenvalue weighted by Gasteiger charge is -2.20. The maximum absolute atomic E-state index is 13.5. The molecule has 6 rings (SSSR count). The molecule has 5 N–H and O–H groups in total. The number of nitrogens with two attached hydrogens (primary N) is 2. The first kappa shape index (κ1) is 38.6. The van der Waals surface area contributed by atoms with Gasteiger partial charge in [0.1, 0.15) is 29.8 Å². The van der Waals surface area contributed by atoms with E-state index in [4.69, 9.17) is 20.9 Å². The lowest BCUT2D eigenvalue weighted by Crippen LogP contribution is -2.34. The number of benzene rings is 5. The third-order valence-corrected chi connectivity index (χ3v) is 9.03. The molecule has 5 aromatic carbocycles. The van der Waals surface area contributed by atoms with Gasteiger partial charge in [0.05, 0.1) is 12.8 Å². The predicted molar refractivity (Wildman–Crippen MR) is 216 cm³/mol. The summed E-state index contributed by atoms with van der Waals surface area (Å²) in [6, 6.07) is 34.4. The van der Waals surface area contributed by atoms with Crippen molar-refractivity contribution in [2.24, 2.45) is 22.4 Å². The first-order chi connectivity index (χ1) is 25.4. The van der Waals surface area contributed by atoms with Gasteiger partial charge in [-0.1, -0.05) is 110 Å². The van der Waals surface area contributed by atoms with Gasteiger partial charge in [-0.3, -0.25) is 9.79 Å². The minimum Gasteiger partial charge on any atom is -0.493 e. The Morgan fingerprint density at radius 3 is 2.08 bits per heavy atom. The van der Waals surface area contributed by atoms with Crippen LogP contribution in [-0.2, 0) is 17.8 Å². The van der Waals surface area contributed by atoms with Gasteiger partial charge in [-0.25, -0.2) is 4.68 Å². The molecular formula is C42H48ClN7O3. The van der Waals surface area contributed by atoms with E-state index >= 15 is 0 Å². The van der Waals surface area contributed by atoms with Crippen LogP contribution in [-0.4, -0.2) is 46.6 Å². The summed E-state index contributed by atoms with van der Waals surface area (Å²) in [6.45, 7) is 6.06. The molecule has 0 aliphatic heterocycles. The molecule has 0 bridgehead atoms. The molecule has 1 amide bonds. The van der Waals surface area contributed by atoms with Crippen LogP contribution < -0.4 is 26.3 Å². The second kappa shape index (κ2) is 18.8. The number of ether oxygens (including phenoxy) is 2. The van der Waals surface area contributed by atoms with Crippen LogP contribution in [0.3, 0.4) is 0 Å². The number of amides is 1. The Bertz CT molecular complexity index is 2130. The Morgan fingerprint density at radius 2 is 1.43 bits per heavy atom. The second-order valence-corrected chi connectivity index (χ2v) is 13.3. The van der Waals surface area contributed by atoms with Gasteiger partial charge in [0.25, 0.3) is 0 Å². The van der Waals surface area contributed by atoms with Gasteiger partial charge in [-0.2, -0.15) is 0 Å². The Morgan fingerprint density at radius 1 is 0.811 bits per heavy atom. The zero-order chi connectivity index (χ0) is 36.3. The van der Waals surface area contributed by atoms with E-state index in [2.05, 4.69) is 83.0 Å². The van der Waals surface area contributed by atoms with E-state index in [1.807, 2.05) is 54.6 Å². The molecule has 1 atom stereocenters. The van der Waals surface area contributed by atoms with Crippen LogP contribution in [0, 0.1) is 5.92 Å². The lowest BCUT2D eigenvalue weighted by molar-refractivity contribution is -0.124. The highest BCUT2D eigenvalue weighted by molar-refractivity contribution is 6.09. The van der Waals surface area contributed by atoms with E-state index in [0.29, 0.717) is 49.9 Å². The molecule has 0 spiro atoms. The number of carbonyl (C=O) groups is 1. The normalized spacial score (nSPS) is 11.6. The molecule has 0 aliphatic carbocycles. The lowest BCUT2D eigenvalue weighted by atomic mass is 9.92. The summed E-state index contributed by atoms with van der Waals surface area (Å²) in [5.41, 5.74) is 14.8. The standard InChI is InChI=1S/C42H47N7O3.ClH/c1-29(2)23-26-51-37-20-18-31-13-6-8-15-34(31)39(37)40-35-16-9-7-14-32(35)19-21-38(40)52-28-33-27-49(48-47-33)36(17-10-24-46-42(43)44)41(50)45-25-22-30-11-4-3-5-12-30;/h3-9,11-16,18-21,27,29,36H,10,17,22-26,28H2,1-2H3,(H,45,50)(H4,43,44,46);1H/t36-;/m1./s1. The van der Waals surface area contributed by atoms with E-state index in [-0.39, 0.29) is 30.9 Å². The van der Waals surface area contributed by atoms with Gasteiger partial charge in [-0.05, 0) is 70.8 Å². The van der Waals surface area contributed by atoms with Crippen molar-refractivity contribution in [2.45, 2.75) is 52.2 Å². The van der Waals surface area contributed by atoms with Crippen molar-refractivity contribution >= 4 is 45.8 Å². The Kier molecular flexibility index (Phi) is 13.7. The van der Waals surface area contributed by atoms with E-state index in [1.54, 1.807) is 10.9 Å². The highest BCUT2D eigenvalue weighted by Crippen LogP contribution is 2.45. The zero-order valence-electron chi connectivity index (χ0n) is 30.3. The van der Waals surface area contributed by atoms with Gasteiger partial charge < -0.3 is 26.3 Å². The van der Waals surface area contributed by atoms with E-state index in [0.717, 1.165) is 56.8 Å². The summed E-state index contributed by atoms with van der Waals surface area (Å²) in [5.74, 6) is 1.91. The quantitative estimate of drug-likeness (QED) is 0.0497. The number of hydrogen-bond acceptors (Lipinski definition) is 6. The molecule has 276 valence electrons. The Labute approximate surface area is 317 Å². The minimum absolute atomic E-state index is 0. The van der Waals surface area contributed by atoms with Crippen LogP contribution in [0.5, 0.6) is 11.5 Å². The summed E-state index contributed by atoms with van der Waals surface area (Å²) in [4.78, 5) is 17.6. The molecule has 6 aromatic rings. The first-order valence-electron chi connectivity index (χ1n) is 17.9. The average molecular weight is 734 g/mol. The molecule has 0 aliphatic rings. The van der Waals surface area contributed by atoms with Crippen molar-refractivity contribution in [1.82, 2.24) is 20.3 Å². The number of fused-ring (bicyclic) bond motifs is 2. The van der Waals surface area contributed by atoms with E-state index in [9.17, 15) is 4.79 Å². The SMILES string of the molecule is CC(C)CCOc1ccc2ccccc2c1-c1c(OCc2cn([C@H](CCCN=C(N)N)C(=O)NCCc3ccccc3)nn2)ccc2ccccc12.Cl. The summed E-state index contributed by atoms with van der Waals surface area (Å²) in [7, 11) is 0. The first-order valence-corrected chi connectivity index (χ1v) is 17.9. The van der Waals surface area contributed by atoms with Gasteiger partial charge in [0, 0.05) is 24.2 Å². The third kappa shape index (κ3) is 10.0. The molecule has 0 saturated carbocycles. The van der Waals surface area contributed by atoms with Crippen molar-refractivity contribution in [3.05, 3.63) is 121 Å². The van der Waals surface area contributed by atoms with Crippen molar-refractivity contribution in [3.63, 3.8) is 0 Å². The number of aromatic nitrogens is 3. The van der Waals surface area contributed by atoms with Crippen molar-refractivity contribution in [1.29, 1.82) is 0 Å². The number of hydrogen-bond donors (Lipinski definition) is 3. The van der Waals surface area contributed by atoms with Crippen molar-refractivity contribution < 1.29 is 14.3 Å². The number of rotatable bonds is 17. The van der Waals surface area contributed by atoms with E-state index < -0.39 is 6.04 Å². The largest absolute Gasteiger partial charge is 0.493 e. The number of guanidine groups is 1. The number of halogens is 1. The fourth-order valence-corrected chi connectivity index (χ4v) is 6.32. The zero-order valence-corrected chi connectivity index (χ0v) is 31.1. The van der Waals surface area contributed by atoms with Crippen LogP contribution in [0.25, 0.3) is 32.7 Å². The van der Waals surface area contributed by atoms with Gasteiger partial charge in [0.15, 0.2) is 5.96 Å². The molecule has 1 aromatic heterocycles. The Balaban J connectivity index is 0.00000541. The van der Waals surface area contributed by atoms with Crippen LogP contribution in [0.4, 0.5) is 0 Å². The number of aliphatic imine (C=N–C) groups is 1. The molecule has 0 unspecified atom stereocenters. The third-order valence-electron chi connectivity index (χ3n) is 9.03. The summed E-state index contributed by atoms with van der Waals surface area (Å²) in [6.07, 6.45) is 4.52. The molecule has 10 nitrogen and oxygen atoms in total. The highest BCUT2D eigenvalue weighted by Gasteiger charge is 2.23. The van der Waals surface area contributed by atoms with Gasteiger partial charge in [-0.15, -0.1) is 17.5 Å².